The van der Waals surface area contributed by atoms with Crippen LogP contribution in [0.1, 0.15) is 17.9 Å². The molecule has 1 atom stereocenters. The average molecular weight is 410 g/mol. The van der Waals surface area contributed by atoms with Crippen LogP contribution in [0.4, 0.5) is 0 Å². The van der Waals surface area contributed by atoms with Gasteiger partial charge in [0, 0.05) is 20.7 Å². The smallest absolute Gasteiger partial charge is 0.211 e. The van der Waals surface area contributed by atoms with E-state index < -0.39 is 5.92 Å². The maximum atomic E-state index is 12.3. The monoisotopic (exact) mass is 409 g/mol. The highest BCUT2D eigenvalue weighted by molar-refractivity contribution is 9.10. The Bertz CT molecular complexity index is 721. The number of ether oxygens (including phenoxy) is 1. The van der Waals surface area contributed by atoms with E-state index in [4.69, 9.17) is 4.74 Å². The van der Waals surface area contributed by atoms with Crippen molar-refractivity contribution >= 4 is 32.8 Å². The van der Waals surface area contributed by atoms with E-state index in [-0.39, 0.29) is 23.0 Å². The fraction of sp³-hybridized carbons (Fsp3) is 0.235. The fourth-order valence-electron chi connectivity index (χ4n) is 2.28. The highest BCUT2D eigenvalue weighted by atomic mass is 79.9. The van der Waals surface area contributed by atoms with Crippen LogP contribution in [0.15, 0.2) is 57.9 Å². The van der Waals surface area contributed by atoms with Gasteiger partial charge in [-0.25, -0.2) is 0 Å². The minimum absolute atomic E-state index is 0.0975. The van der Waals surface area contributed by atoms with Crippen LogP contribution >= 0.6 is 27.7 Å². The van der Waals surface area contributed by atoms with Gasteiger partial charge in [-0.1, -0.05) is 45.9 Å². The highest BCUT2D eigenvalue weighted by Crippen LogP contribution is 2.31. The molecular formula is C17H16BrNO4S. The van der Waals surface area contributed by atoms with Gasteiger partial charge in [-0.05, 0) is 35.9 Å². The molecule has 0 spiro atoms. The summed E-state index contributed by atoms with van der Waals surface area (Å²) in [5.74, 6) is 0.250. The Hall–Kier alpha value is -1.86. The number of methoxy groups -OCH3 is 1. The molecule has 7 heteroatoms. The summed E-state index contributed by atoms with van der Waals surface area (Å²) in [6.45, 7) is -0.280. The molecule has 0 unspecified atom stereocenters. The van der Waals surface area contributed by atoms with E-state index in [1.54, 1.807) is 31.4 Å². The Kier molecular flexibility index (Phi) is 6.81. The van der Waals surface area contributed by atoms with Crippen molar-refractivity contribution in [3.8, 4) is 5.75 Å². The Balaban J connectivity index is 2.09. The number of halogens is 1. The van der Waals surface area contributed by atoms with Crippen LogP contribution in [-0.2, 0) is 4.79 Å². The van der Waals surface area contributed by atoms with E-state index in [9.17, 15) is 14.9 Å². The molecule has 0 bridgehead atoms. The molecule has 0 saturated heterocycles. The zero-order valence-electron chi connectivity index (χ0n) is 13.0. The number of carbonyl (C=O) groups excluding carboxylic acids is 1. The summed E-state index contributed by atoms with van der Waals surface area (Å²) < 4.78 is 5.86. The summed E-state index contributed by atoms with van der Waals surface area (Å²) in [6.07, 6.45) is 0.0975. The molecule has 0 aromatic heterocycles. The van der Waals surface area contributed by atoms with E-state index >= 15 is 0 Å². The third-order valence-electron chi connectivity index (χ3n) is 3.42. The van der Waals surface area contributed by atoms with Gasteiger partial charge in [-0.15, -0.1) is 0 Å². The summed E-state index contributed by atoms with van der Waals surface area (Å²) in [5.41, 5.74) is 0.776. The number of rotatable bonds is 7. The zero-order valence-corrected chi connectivity index (χ0v) is 15.4. The van der Waals surface area contributed by atoms with E-state index in [2.05, 4.69) is 15.9 Å². The lowest BCUT2D eigenvalue weighted by Crippen LogP contribution is -2.15. The average Bonchev–Trinajstić information content (AvgIpc) is 2.55. The molecule has 0 N–H and O–H groups in total. The molecule has 2 aromatic carbocycles. The number of hydrogen-bond donors (Lipinski definition) is 0. The molecule has 126 valence electrons. The third-order valence-corrected chi connectivity index (χ3v) is 5.04. The van der Waals surface area contributed by atoms with Gasteiger partial charge in [0.2, 0.25) is 6.54 Å². The number of hydrogen-bond acceptors (Lipinski definition) is 5. The fourth-order valence-corrected chi connectivity index (χ4v) is 3.71. The largest absolute Gasteiger partial charge is 0.497 e. The van der Waals surface area contributed by atoms with Crippen LogP contribution < -0.4 is 4.74 Å². The van der Waals surface area contributed by atoms with E-state index in [0.29, 0.717) is 5.75 Å². The van der Waals surface area contributed by atoms with Crippen LogP contribution in [0.5, 0.6) is 5.75 Å². The zero-order chi connectivity index (χ0) is 17.5. The quantitative estimate of drug-likeness (QED) is 0.381. The van der Waals surface area contributed by atoms with Crippen molar-refractivity contribution in [1.29, 1.82) is 0 Å². The van der Waals surface area contributed by atoms with Gasteiger partial charge in [0.15, 0.2) is 5.12 Å². The molecule has 0 heterocycles. The minimum atomic E-state index is -0.464. The summed E-state index contributed by atoms with van der Waals surface area (Å²) in [5, 5.41) is 10.9. The first-order valence-electron chi connectivity index (χ1n) is 7.20. The second-order valence-corrected chi connectivity index (χ2v) is 7.07. The van der Waals surface area contributed by atoms with Crippen molar-refractivity contribution in [1.82, 2.24) is 0 Å². The third kappa shape index (κ3) is 5.35. The van der Waals surface area contributed by atoms with Gasteiger partial charge < -0.3 is 4.74 Å². The van der Waals surface area contributed by atoms with Crippen LogP contribution in [0.2, 0.25) is 0 Å². The highest BCUT2D eigenvalue weighted by Gasteiger charge is 2.23. The predicted molar refractivity (Wildman–Crippen MR) is 97.2 cm³/mol. The van der Waals surface area contributed by atoms with E-state index in [0.717, 1.165) is 26.7 Å². The minimum Gasteiger partial charge on any atom is -0.497 e. The number of benzene rings is 2. The standard InChI is InChI=1S/C17H16BrNO4S/c1-23-13-6-8-14(9-7-13)24-17(20)10-12(11-19(21)22)15-4-2-3-5-16(15)18/h2-9,12H,10-11H2,1H3/t12-/m0/s1. The normalized spacial score (nSPS) is 11.8. The molecular weight excluding hydrogens is 394 g/mol. The Labute approximate surface area is 152 Å². The summed E-state index contributed by atoms with van der Waals surface area (Å²) >= 11 is 4.49. The second kappa shape index (κ2) is 8.84. The van der Waals surface area contributed by atoms with Crippen LogP contribution in [-0.4, -0.2) is 23.7 Å². The number of carbonyl (C=O) groups is 1. The molecule has 0 aliphatic heterocycles. The topological polar surface area (TPSA) is 69.4 Å². The number of nitrogens with zero attached hydrogens (tertiary/aromatic N) is 1. The van der Waals surface area contributed by atoms with Crippen molar-refractivity contribution in [3.63, 3.8) is 0 Å². The Morgan fingerprint density at radius 1 is 1.25 bits per heavy atom. The van der Waals surface area contributed by atoms with Crippen LogP contribution in [0, 0.1) is 10.1 Å². The molecule has 0 fully saturated rings. The summed E-state index contributed by atoms with van der Waals surface area (Å²) in [6, 6.07) is 14.4. The van der Waals surface area contributed by atoms with Crippen molar-refractivity contribution in [3.05, 3.63) is 68.7 Å². The molecule has 2 rings (SSSR count). The summed E-state index contributed by atoms with van der Waals surface area (Å²) in [7, 11) is 1.58. The molecule has 2 aromatic rings. The first kappa shape index (κ1) is 18.5. The van der Waals surface area contributed by atoms with Gasteiger partial charge in [0.1, 0.15) is 5.75 Å². The number of thioether (sulfide) groups is 1. The van der Waals surface area contributed by atoms with Gasteiger partial charge in [-0.3, -0.25) is 14.9 Å². The molecule has 0 aliphatic rings. The molecule has 0 radical (unpaired) electrons. The molecule has 0 saturated carbocycles. The Morgan fingerprint density at radius 3 is 2.50 bits per heavy atom. The predicted octanol–water partition coefficient (Wildman–Crippen LogP) is 4.53. The lowest BCUT2D eigenvalue weighted by atomic mass is 9.96. The van der Waals surface area contributed by atoms with Crippen LogP contribution in [0.3, 0.4) is 0 Å². The van der Waals surface area contributed by atoms with Crippen molar-refractivity contribution in [2.75, 3.05) is 13.7 Å². The van der Waals surface area contributed by atoms with Crippen molar-refractivity contribution in [2.45, 2.75) is 17.2 Å². The van der Waals surface area contributed by atoms with Gasteiger partial charge in [0.05, 0.1) is 13.0 Å². The van der Waals surface area contributed by atoms with Crippen LogP contribution in [0.25, 0.3) is 0 Å². The van der Waals surface area contributed by atoms with Gasteiger partial charge in [0.25, 0.3) is 0 Å². The molecule has 0 amide bonds. The Morgan fingerprint density at radius 2 is 1.92 bits per heavy atom. The first-order valence-corrected chi connectivity index (χ1v) is 8.81. The maximum absolute atomic E-state index is 12.3. The maximum Gasteiger partial charge on any atom is 0.211 e. The number of nitro groups is 1. The summed E-state index contributed by atoms with van der Waals surface area (Å²) in [4.78, 5) is 23.7. The molecule has 5 nitrogen and oxygen atoms in total. The first-order chi connectivity index (χ1) is 11.5. The van der Waals surface area contributed by atoms with Gasteiger partial charge >= 0.3 is 0 Å². The van der Waals surface area contributed by atoms with Crippen molar-refractivity contribution < 1.29 is 14.5 Å². The lowest BCUT2D eigenvalue weighted by molar-refractivity contribution is -0.483. The second-order valence-electron chi connectivity index (χ2n) is 5.09. The van der Waals surface area contributed by atoms with Crippen molar-refractivity contribution in [2.24, 2.45) is 0 Å². The lowest BCUT2D eigenvalue weighted by Gasteiger charge is -2.14. The van der Waals surface area contributed by atoms with E-state index in [1.807, 2.05) is 24.3 Å². The van der Waals surface area contributed by atoms with E-state index in [1.165, 1.54) is 0 Å². The molecule has 0 aliphatic carbocycles. The van der Waals surface area contributed by atoms with Gasteiger partial charge in [-0.2, -0.15) is 0 Å². The SMILES string of the molecule is COc1ccc(SC(=O)C[C@@H](C[N+](=O)[O-])c2ccccc2Br)cc1. The molecule has 24 heavy (non-hydrogen) atoms.